The molecule has 1 saturated heterocycles. The second kappa shape index (κ2) is 12.0. The third-order valence-corrected chi connectivity index (χ3v) is 8.06. The molecule has 0 spiro atoms. The van der Waals surface area contributed by atoms with Crippen LogP contribution in [-0.4, -0.2) is 62.0 Å². The number of benzene rings is 2. The molecule has 2 aromatic carbocycles. The Kier molecular flexibility index (Phi) is 8.78. The first kappa shape index (κ1) is 25.6. The molecule has 4 rings (SSSR count). The number of hydrogen-bond acceptors (Lipinski definition) is 6. The summed E-state index contributed by atoms with van der Waals surface area (Å²) in [4.78, 5) is 24.3. The Morgan fingerprint density at radius 3 is 2.14 bits per heavy atom. The van der Waals surface area contributed by atoms with Crippen LogP contribution in [0.5, 0.6) is 0 Å². The molecular formula is C26H29Cl2N5OS. The van der Waals surface area contributed by atoms with Crippen molar-refractivity contribution in [3.05, 3.63) is 77.0 Å². The van der Waals surface area contributed by atoms with Crippen LogP contribution in [0.3, 0.4) is 0 Å². The van der Waals surface area contributed by atoms with E-state index < -0.39 is 0 Å². The Labute approximate surface area is 221 Å². The van der Waals surface area contributed by atoms with Crippen LogP contribution in [-0.2, 0) is 4.79 Å². The number of anilines is 3. The second-order valence-corrected chi connectivity index (χ2v) is 10.4. The summed E-state index contributed by atoms with van der Waals surface area (Å²) >= 11 is 13.9. The molecule has 6 nitrogen and oxygen atoms in total. The summed E-state index contributed by atoms with van der Waals surface area (Å²) in [5.41, 5.74) is 3.29. The highest BCUT2D eigenvalue weighted by atomic mass is 35.5. The summed E-state index contributed by atoms with van der Waals surface area (Å²) in [6.45, 7) is 4.44. The Morgan fingerprint density at radius 2 is 1.51 bits per heavy atom. The van der Waals surface area contributed by atoms with Crippen molar-refractivity contribution in [1.82, 2.24) is 9.29 Å². The molecule has 0 saturated carbocycles. The zero-order valence-electron chi connectivity index (χ0n) is 19.9. The Balaban J connectivity index is 1.26. The van der Waals surface area contributed by atoms with Crippen LogP contribution in [0.15, 0.2) is 71.9 Å². The Hall–Kier alpha value is -2.45. The molecule has 0 bridgehead atoms. The van der Waals surface area contributed by atoms with Gasteiger partial charge in [0, 0.05) is 80.5 Å². The Morgan fingerprint density at radius 1 is 0.914 bits per heavy atom. The maximum atomic E-state index is 12.8. The number of carbonyl (C=O) groups excluding carboxylic acids is 1. The van der Waals surface area contributed by atoms with E-state index in [0.29, 0.717) is 23.0 Å². The third kappa shape index (κ3) is 6.61. The molecule has 0 radical (unpaired) electrons. The van der Waals surface area contributed by atoms with Gasteiger partial charge in [-0.15, -0.1) is 0 Å². The molecule has 1 amide bonds. The fraction of sp³-hybridized carbons (Fsp3) is 0.308. The lowest BCUT2D eigenvalue weighted by atomic mass is 10.2. The predicted molar refractivity (Wildman–Crippen MR) is 148 cm³/mol. The van der Waals surface area contributed by atoms with Crippen LogP contribution < -0.4 is 14.7 Å². The number of pyridine rings is 1. The van der Waals surface area contributed by atoms with Crippen LogP contribution in [0.1, 0.15) is 6.42 Å². The number of aromatic nitrogens is 1. The van der Waals surface area contributed by atoms with Gasteiger partial charge in [-0.1, -0.05) is 29.3 Å². The molecule has 1 aliphatic heterocycles. The van der Waals surface area contributed by atoms with Crippen molar-refractivity contribution < 1.29 is 4.79 Å². The minimum atomic E-state index is 0.0633. The van der Waals surface area contributed by atoms with E-state index >= 15 is 0 Å². The minimum absolute atomic E-state index is 0.0633. The summed E-state index contributed by atoms with van der Waals surface area (Å²) in [5.74, 6) is 0.0633. The minimum Gasteiger partial charge on any atom is -0.368 e. The fourth-order valence-electron chi connectivity index (χ4n) is 4.00. The van der Waals surface area contributed by atoms with Gasteiger partial charge in [-0.3, -0.25) is 9.78 Å². The van der Waals surface area contributed by atoms with Crippen LogP contribution in [0, 0.1) is 0 Å². The first-order valence-corrected chi connectivity index (χ1v) is 13.0. The summed E-state index contributed by atoms with van der Waals surface area (Å²) < 4.78 is 2.00. The number of rotatable bonds is 8. The molecular weight excluding hydrogens is 501 g/mol. The molecule has 9 heteroatoms. The highest BCUT2D eigenvalue weighted by Gasteiger charge is 2.18. The average molecular weight is 531 g/mol. The molecule has 3 aromatic rings. The van der Waals surface area contributed by atoms with Crippen LogP contribution in [0.2, 0.25) is 10.0 Å². The van der Waals surface area contributed by atoms with Gasteiger partial charge in [-0.2, -0.15) is 0 Å². The highest BCUT2D eigenvalue weighted by Crippen LogP contribution is 2.34. The van der Waals surface area contributed by atoms with E-state index in [1.165, 1.54) is 23.3 Å². The van der Waals surface area contributed by atoms with Crippen LogP contribution in [0.25, 0.3) is 0 Å². The van der Waals surface area contributed by atoms with E-state index in [1.807, 2.05) is 55.1 Å². The number of hydrogen-bond donors (Lipinski definition) is 0. The average Bonchev–Trinajstić information content (AvgIpc) is 2.90. The zero-order chi connectivity index (χ0) is 24.8. The number of nitrogens with zero attached hydrogens (tertiary/aromatic N) is 5. The summed E-state index contributed by atoms with van der Waals surface area (Å²) in [6, 6.07) is 17.9. The van der Waals surface area contributed by atoms with Crippen molar-refractivity contribution in [2.24, 2.45) is 0 Å². The van der Waals surface area contributed by atoms with Gasteiger partial charge in [-0.05, 0) is 67.5 Å². The van der Waals surface area contributed by atoms with Gasteiger partial charge < -0.3 is 14.7 Å². The topological polar surface area (TPSA) is 42.9 Å². The lowest BCUT2D eigenvalue weighted by Crippen LogP contribution is -2.46. The number of carbonyl (C=O) groups is 1. The molecule has 1 fully saturated rings. The van der Waals surface area contributed by atoms with E-state index in [0.717, 1.165) is 36.8 Å². The maximum absolute atomic E-state index is 12.8. The summed E-state index contributed by atoms with van der Waals surface area (Å²) in [6.07, 6.45) is 4.07. The standard InChI is InChI=1S/C26H29Cl2N5OS/c1-30(35-24-5-3-4-23(27)26(24)28)15-12-25(34)31(2)20-6-8-21(9-7-20)32-16-18-33(19-17-32)22-10-13-29-14-11-22/h3-11,13-14H,12,15-19H2,1-2H3. The van der Waals surface area contributed by atoms with Gasteiger partial charge in [0.2, 0.25) is 5.91 Å². The Bertz CT molecular complexity index is 1120. The lowest BCUT2D eigenvalue weighted by molar-refractivity contribution is -0.118. The van der Waals surface area contributed by atoms with E-state index in [-0.39, 0.29) is 5.91 Å². The van der Waals surface area contributed by atoms with Gasteiger partial charge in [0.05, 0.1) is 10.0 Å². The van der Waals surface area contributed by atoms with Gasteiger partial charge in [0.15, 0.2) is 0 Å². The summed E-state index contributed by atoms with van der Waals surface area (Å²) in [5, 5.41) is 1.06. The third-order valence-electron chi connectivity index (χ3n) is 6.09. The SMILES string of the molecule is CN(CCC(=O)N(C)c1ccc(N2CCN(c3ccncc3)CC2)cc1)Sc1cccc(Cl)c1Cl. The van der Waals surface area contributed by atoms with Crippen molar-refractivity contribution >= 4 is 58.1 Å². The monoisotopic (exact) mass is 529 g/mol. The normalized spacial score (nSPS) is 13.9. The molecule has 1 aromatic heterocycles. The fourth-order valence-corrected chi connectivity index (χ4v) is 5.31. The van der Waals surface area contributed by atoms with Crippen LogP contribution in [0.4, 0.5) is 17.1 Å². The van der Waals surface area contributed by atoms with Gasteiger partial charge >= 0.3 is 0 Å². The van der Waals surface area contributed by atoms with Gasteiger partial charge in [0.1, 0.15) is 0 Å². The van der Waals surface area contributed by atoms with E-state index in [9.17, 15) is 4.79 Å². The number of piperazine rings is 1. The molecule has 0 atom stereocenters. The maximum Gasteiger partial charge on any atom is 0.228 e. The van der Waals surface area contributed by atoms with Gasteiger partial charge in [0.25, 0.3) is 0 Å². The van der Waals surface area contributed by atoms with E-state index in [1.54, 1.807) is 11.0 Å². The highest BCUT2D eigenvalue weighted by molar-refractivity contribution is 7.97. The summed E-state index contributed by atoms with van der Waals surface area (Å²) in [7, 11) is 3.77. The molecule has 0 N–H and O–H groups in total. The van der Waals surface area contributed by atoms with Crippen molar-refractivity contribution in [3.8, 4) is 0 Å². The first-order chi connectivity index (χ1) is 16.9. The lowest BCUT2D eigenvalue weighted by Gasteiger charge is -2.37. The van der Waals surface area contributed by atoms with Crippen molar-refractivity contribution in [2.75, 3.05) is 61.5 Å². The van der Waals surface area contributed by atoms with Gasteiger partial charge in [-0.25, -0.2) is 4.31 Å². The quantitative estimate of drug-likeness (QED) is 0.348. The molecule has 35 heavy (non-hydrogen) atoms. The van der Waals surface area contributed by atoms with Crippen molar-refractivity contribution in [3.63, 3.8) is 0 Å². The second-order valence-electron chi connectivity index (χ2n) is 8.39. The number of amides is 1. The van der Waals surface area contributed by atoms with E-state index in [4.69, 9.17) is 23.2 Å². The zero-order valence-corrected chi connectivity index (χ0v) is 22.2. The molecule has 0 unspecified atom stereocenters. The van der Waals surface area contributed by atoms with E-state index in [2.05, 4.69) is 39.0 Å². The molecule has 184 valence electrons. The van der Waals surface area contributed by atoms with Crippen molar-refractivity contribution in [2.45, 2.75) is 11.3 Å². The number of halogens is 2. The first-order valence-electron chi connectivity index (χ1n) is 11.5. The molecule has 0 aliphatic carbocycles. The van der Waals surface area contributed by atoms with Crippen LogP contribution >= 0.6 is 35.1 Å². The van der Waals surface area contributed by atoms with Crippen molar-refractivity contribution in [1.29, 1.82) is 0 Å². The smallest absolute Gasteiger partial charge is 0.228 e. The molecule has 1 aliphatic rings. The largest absolute Gasteiger partial charge is 0.368 e. The predicted octanol–water partition coefficient (Wildman–Crippen LogP) is 5.71. The molecule has 2 heterocycles.